The van der Waals surface area contributed by atoms with E-state index in [4.69, 9.17) is 0 Å². The molecular formula is C7H7F3N2O. The lowest BCUT2D eigenvalue weighted by Gasteiger charge is -2.04. The van der Waals surface area contributed by atoms with Crippen LogP contribution in [-0.2, 0) is 24.4 Å². The number of carbonyl (C=O) groups is 1. The Kier molecular flexibility index (Phi) is 2.40. The molecule has 0 radical (unpaired) electrons. The normalized spacial score (nSPS) is 11.7. The zero-order chi connectivity index (χ0) is 10.1. The molecular weight excluding hydrogens is 185 g/mol. The molecule has 1 heterocycles. The molecule has 0 aliphatic heterocycles. The molecule has 0 saturated heterocycles. The van der Waals surface area contributed by atoms with Crippen molar-refractivity contribution in [1.29, 1.82) is 0 Å². The van der Waals surface area contributed by atoms with Crippen LogP contribution in [0.4, 0.5) is 13.2 Å². The standard InChI is InChI=1S/C7H7F3N2O/c1-12-6(7(8,9)10)4-5(11-12)2-3-13/h3-4H,2H2,1H3. The number of carbonyl (C=O) groups excluding carboxylic acids is 1. The van der Waals surface area contributed by atoms with Crippen molar-refractivity contribution in [2.45, 2.75) is 12.6 Å². The van der Waals surface area contributed by atoms with Crippen LogP contribution >= 0.6 is 0 Å². The summed E-state index contributed by atoms with van der Waals surface area (Å²) in [5.41, 5.74) is -0.714. The highest BCUT2D eigenvalue weighted by atomic mass is 19.4. The van der Waals surface area contributed by atoms with Gasteiger partial charge >= 0.3 is 6.18 Å². The minimum absolute atomic E-state index is 0.0933. The van der Waals surface area contributed by atoms with Crippen LogP contribution in [0.5, 0.6) is 0 Å². The lowest BCUT2D eigenvalue weighted by molar-refractivity contribution is -0.143. The lowest BCUT2D eigenvalue weighted by Crippen LogP contribution is -2.11. The second-order valence-electron chi connectivity index (χ2n) is 2.51. The summed E-state index contributed by atoms with van der Waals surface area (Å²) < 4.78 is 37.2. The maximum absolute atomic E-state index is 12.2. The van der Waals surface area contributed by atoms with Crippen LogP contribution in [0.1, 0.15) is 11.4 Å². The summed E-state index contributed by atoms with van der Waals surface area (Å²) in [5, 5.41) is 3.53. The first-order chi connectivity index (χ1) is 5.95. The first kappa shape index (κ1) is 9.76. The Bertz CT molecular complexity index is 316. The van der Waals surface area contributed by atoms with Gasteiger partial charge in [-0.2, -0.15) is 18.3 Å². The summed E-state index contributed by atoms with van der Waals surface area (Å²) in [6.07, 6.45) is -3.99. The lowest BCUT2D eigenvalue weighted by atomic mass is 10.3. The molecule has 3 nitrogen and oxygen atoms in total. The van der Waals surface area contributed by atoms with Crippen LogP contribution in [0.2, 0.25) is 0 Å². The molecule has 0 bridgehead atoms. The molecule has 0 fully saturated rings. The first-order valence-electron chi connectivity index (χ1n) is 3.49. The van der Waals surface area contributed by atoms with Gasteiger partial charge < -0.3 is 4.79 Å². The number of nitrogens with zero attached hydrogens (tertiary/aromatic N) is 2. The van der Waals surface area contributed by atoms with Crippen molar-refractivity contribution in [3.8, 4) is 0 Å². The van der Waals surface area contributed by atoms with E-state index in [9.17, 15) is 18.0 Å². The molecule has 13 heavy (non-hydrogen) atoms. The number of hydrogen-bond donors (Lipinski definition) is 0. The molecule has 0 unspecified atom stereocenters. The first-order valence-corrected chi connectivity index (χ1v) is 3.49. The maximum atomic E-state index is 12.2. The van der Waals surface area contributed by atoms with Gasteiger partial charge in [0.2, 0.25) is 0 Å². The Balaban J connectivity index is 3.03. The minimum atomic E-state index is -4.41. The third kappa shape index (κ3) is 2.07. The number of halogens is 3. The van der Waals surface area contributed by atoms with Crippen LogP contribution in [0.3, 0.4) is 0 Å². The molecule has 6 heteroatoms. The van der Waals surface area contributed by atoms with Crippen LogP contribution < -0.4 is 0 Å². The van der Waals surface area contributed by atoms with Crippen molar-refractivity contribution in [2.24, 2.45) is 7.05 Å². The van der Waals surface area contributed by atoms with E-state index < -0.39 is 11.9 Å². The molecule has 0 N–H and O–H groups in total. The average Bonchev–Trinajstić information content (AvgIpc) is 2.30. The van der Waals surface area contributed by atoms with Crippen LogP contribution in [0.15, 0.2) is 6.07 Å². The smallest absolute Gasteiger partial charge is 0.303 e. The Labute approximate surface area is 72.2 Å². The number of aromatic nitrogens is 2. The quantitative estimate of drug-likeness (QED) is 0.659. The highest BCUT2D eigenvalue weighted by molar-refractivity contribution is 5.53. The second-order valence-corrected chi connectivity index (χ2v) is 2.51. The largest absolute Gasteiger partial charge is 0.433 e. The summed E-state index contributed by atoms with van der Waals surface area (Å²) >= 11 is 0. The number of rotatable bonds is 2. The van der Waals surface area contributed by atoms with E-state index in [2.05, 4.69) is 5.10 Å². The van der Waals surface area contributed by atoms with Crippen molar-refractivity contribution < 1.29 is 18.0 Å². The van der Waals surface area contributed by atoms with Gasteiger partial charge in [-0.25, -0.2) is 0 Å². The Morgan fingerprint density at radius 2 is 2.23 bits per heavy atom. The molecule has 0 spiro atoms. The van der Waals surface area contributed by atoms with Crippen LogP contribution in [-0.4, -0.2) is 16.1 Å². The van der Waals surface area contributed by atoms with Gasteiger partial charge in [0, 0.05) is 13.5 Å². The molecule has 1 aromatic rings. The third-order valence-electron chi connectivity index (χ3n) is 1.51. The van der Waals surface area contributed by atoms with Crippen molar-refractivity contribution in [1.82, 2.24) is 9.78 Å². The van der Waals surface area contributed by atoms with E-state index in [1.54, 1.807) is 0 Å². The van der Waals surface area contributed by atoms with E-state index in [1.807, 2.05) is 0 Å². The molecule has 0 aliphatic carbocycles. The molecule has 0 aliphatic rings. The number of alkyl halides is 3. The summed E-state index contributed by atoms with van der Waals surface area (Å²) in [5.74, 6) is 0. The van der Waals surface area contributed by atoms with E-state index >= 15 is 0 Å². The second kappa shape index (κ2) is 3.20. The van der Waals surface area contributed by atoms with Crippen molar-refractivity contribution >= 4 is 6.29 Å². The van der Waals surface area contributed by atoms with Crippen molar-refractivity contribution in [2.75, 3.05) is 0 Å². The molecule has 1 aromatic heterocycles. The fourth-order valence-electron chi connectivity index (χ4n) is 0.977. The fourth-order valence-corrected chi connectivity index (χ4v) is 0.977. The van der Waals surface area contributed by atoms with E-state index in [0.717, 1.165) is 10.7 Å². The van der Waals surface area contributed by atoms with Crippen LogP contribution in [0, 0.1) is 0 Å². The monoisotopic (exact) mass is 192 g/mol. The number of hydrogen-bond acceptors (Lipinski definition) is 2. The highest BCUT2D eigenvalue weighted by Gasteiger charge is 2.34. The third-order valence-corrected chi connectivity index (χ3v) is 1.51. The molecule has 0 aromatic carbocycles. The zero-order valence-corrected chi connectivity index (χ0v) is 6.80. The molecule has 0 saturated carbocycles. The molecule has 72 valence electrons. The summed E-state index contributed by atoms with van der Waals surface area (Å²) in [6.45, 7) is 0. The summed E-state index contributed by atoms with van der Waals surface area (Å²) in [4.78, 5) is 10.0. The van der Waals surface area contributed by atoms with Gasteiger partial charge in [-0.15, -0.1) is 0 Å². The number of aldehydes is 1. The predicted octanol–water partition coefficient (Wildman–Crippen LogP) is 1.18. The van der Waals surface area contributed by atoms with Gasteiger partial charge in [0.05, 0.1) is 5.69 Å². The van der Waals surface area contributed by atoms with E-state index in [0.29, 0.717) is 6.29 Å². The fraction of sp³-hybridized carbons (Fsp3) is 0.429. The van der Waals surface area contributed by atoms with Gasteiger partial charge in [-0.1, -0.05) is 0 Å². The van der Waals surface area contributed by atoms with Gasteiger partial charge in [0.1, 0.15) is 12.0 Å². The Morgan fingerprint density at radius 1 is 1.62 bits per heavy atom. The summed E-state index contributed by atoms with van der Waals surface area (Å²) in [7, 11) is 1.19. The Hall–Kier alpha value is -1.33. The van der Waals surface area contributed by atoms with Crippen molar-refractivity contribution in [3.05, 3.63) is 17.5 Å². The molecule has 0 amide bonds. The highest BCUT2D eigenvalue weighted by Crippen LogP contribution is 2.29. The maximum Gasteiger partial charge on any atom is 0.433 e. The van der Waals surface area contributed by atoms with E-state index in [-0.39, 0.29) is 12.1 Å². The summed E-state index contributed by atoms with van der Waals surface area (Å²) in [6, 6.07) is 0.869. The van der Waals surface area contributed by atoms with Gasteiger partial charge in [-0.05, 0) is 6.07 Å². The molecule has 1 rings (SSSR count). The average molecular weight is 192 g/mol. The van der Waals surface area contributed by atoms with Gasteiger partial charge in [-0.3, -0.25) is 4.68 Å². The molecule has 0 atom stereocenters. The Morgan fingerprint density at radius 3 is 2.62 bits per heavy atom. The topological polar surface area (TPSA) is 34.9 Å². The van der Waals surface area contributed by atoms with Crippen LogP contribution in [0.25, 0.3) is 0 Å². The van der Waals surface area contributed by atoms with Gasteiger partial charge in [0.15, 0.2) is 0 Å². The number of aryl methyl sites for hydroxylation is 1. The zero-order valence-electron chi connectivity index (χ0n) is 6.80. The van der Waals surface area contributed by atoms with Gasteiger partial charge in [0.25, 0.3) is 0 Å². The SMILES string of the molecule is Cn1nc(CC=O)cc1C(F)(F)F. The van der Waals surface area contributed by atoms with Crippen molar-refractivity contribution in [3.63, 3.8) is 0 Å². The minimum Gasteiger partial charge on any atom is -0.303 e. The van der Waals surface area contributed by atoms with E-state index in [1.165, 1.54) is 7.05 Å². The predicted molar refractivity (Wildman–Crippen MR) is 38.0 cm³/mol.